The molecule has 114 valence electrons. The molecule has 0 aliphatic heterocycles. The second kappa shape index (κ2) is 9.36. The van der Waals surface area contributed by atoms with Crippen LogP contribution in [0.25, 0.3) is 0 Å². The van der Waals surface area contributed by atoms with Crippen LogP contribution in [0.1, 0.15) is 20.8 Å². The zero-order valence-electron chi connectivity index (χ0n) is 13.0. The van der Waals surface area contributed by atoms with Crippen molar-refractivity contribution in [2.24, 2.45) is 10.9 Å². The Labute approximate surface area is 121 Å². The first-order valence-electron chi connectivity index (χ1n) is 7.16. The Balaban J connectivity index is 2.44. The maximum atomic E-state index is 5.12. The first-order valence-corrected chi connectivity index (χ1v) is 7.16. The number of aliphatic imine (C=N–C) groups is 1. The van der Waals surface area contributed by atoms with Crippen molar-refractivity contribution in [3.63, 3.8) is 0 Å². The second-order valence-corrected chi connectivity index (χ2v) is 5.05. The quantitative estimate of drug-likeness (QED) is 0.553. The number of aromatic nitrogens is 2. The van der Waals surface area contributed by atoms with Crippen LogP contribution in [0.4, 0.5) is 0 Å². The van der Waals surface area contributed by atoms with Gasteiger partial charge in [0.25, 0.3) is 0 Å². The van der Waals surface area contributed by atoms with E-state index in [9.17, 15) is 0 Å². The molecule has 0 aliphatic rings. The highest BCUT2D eigenvalue weighted by atomic mass is 16.5. The lowest BCUT2D eigenvalue weighted by molar-refractivity contribution is 0.179. The molecule has 1 aromatic rings. The molecule has 0 saturated carbocycles. The molecule has 6 heteroatoms. The molecule has 1 heterocycles. The molecule has 1 rings (SSSR count). The maximum absolute atomic E-state index is 5.12. The zero-order valence-corrected chi connectivity index (χ0v) is 13.0. The summed E-state index contributed by atoms with van der Waals surface area (Å²) in [6.07, 6.45) is 3.78. The van der Waals surface area contributed by atoms with Crippen LogP contribution in [0.2, 0.25) is 0 Å². The monoisotopic (exact) mass is 281 g/mol. The predicted molar refractivity (Wildman–Crippen MR) is 81.8 cm³/mol. The van der Waals surface area contributed by atoms with Gasteiger partial charge in [-0.05, 0) is 25.8 Å². The summed E-state index contributed by atoms with van der Waals surface area (Å²) in [4.78, 5) is 4.61. The Kier molecular flexibility index (Phi) is 7.72. The molecule has 0 saturated heterocycles. The molecule has 0 aromatic carbocycles. The summed E-state index contributed by atoms with van der Waals surface area (Å²) in [7, 11) is 1.70. The normalized spacial score (nSPS) is 14.9. The summed E-state index contributed by atoms with van der Waals surface area (Å²) in [5, 5.41) is 10.8. The molecule has 0 spiro atoms. The van der Waals surface area contributed by atoms with Gasteiger partial charge in [0.2, 0.25) is 0 Å². The van der Waals surface area contributed by atoms with E-state index >= 15 is 0 Å². The van der Waals surface area contributed by atoms with Crippen molar-refractivity contribution in [1.29, 1.82) is 0 Å². The summed E-state index contributed by atoms with van der Waals surface area (Å²) >= 11 is 0. The minimum Gasteiger partial charge on any atom is -0.383 e. The van der Waals surface area contributed by atoms with Crippen molar-refractivity contribution >= 4 is 5.96 Å². The number of ether oxygens (including phenoxy) is 1. The van der Waals surface area contributed by atoms with Crippen LogP contribution in [0.15, 0.2) is 23.5 Å². The van der Waals surface area contributed by atoms with Crippen LogP contribution in [0.3, 0.4) is 0 Å². The summed E-state index contributed by atoms with van der Waals surface area (Å²) in [5.41, 5.74) is 0. The molecular weight excluding hydrogens is 254 g/mol. The fourth-order valence-corrected chi connectivity index (χ4v) is 1.88. The number of methoxy groups -OCH3 is 1. The molecule has 0 fully saturated rings. The van der Waals surface area contributed by atoms with Crippen molar-refractivity contribution in [3.05, 3.63) is 18.5 Å². The Bertz CT molecular complexity index is 377. The summed E-state index contributed by atoms with van der Waals surface area (Å²) in [5.74, 6) is 1.27. The van der Waals surface area contributed by atoms with Gasteiger partial charge in [-0.1, -0.05) is 6.92 Å². The van der Waals surface area contributed by atoms with E-state index in [0.717, 1.165) is 25.6 Å². The Morgan fingerprint density at radius 2 is 2.25 bits per heavy atom. The predicted octanol–water partition coefficient (Wildman–Crippen LogP) is 1.11. The highest BCUT2D eigenvalue weighted by Gasteiger charge is 2.06. The highest BCUT2D eigenvalue weighted by molar-refractivity contribution is 5.80. The molecule has 2 unspecified atom stereocenters. The first-order chi connectivity index (χ1) is 9.65. The zero-order chi connectivity index (χ0) is 14.8. The highest BCUT2D eigenvalue weighted by Crippen LogP contribution is 2.00. The van der Waals surface area contributed by atoms with E-state index in [0.29, 0.717) is 12.5 Å². The van der Waals surface area contributed by atoms with Gasteiger partial charge in [0.05, 0.1) is 6.61 Å². The van der Waals surface area contributed by atoms with E-state index < -0.39 is 0 Å². The van der Waals surface area contributed by atoms with Crippen LogP contribution in [0, 0.1) is 5.92 Å². The Morgan fingerprint density at radius 3 is 2.85 bits per heavy atom. The van der Waals surface area contributed by atoms with Gasteiger partial charge in [-0.15, -0.1) is 0 Å². The van der Waals surface area contributed by atoms with Gasteiger partial charge in [-0.3, -0.25) is 9.67 Å². The number of hydrogen-bond acceptors (Lipinski definition) is 3. The lowest BCUT2D eigenvalue weighted by Crippen LogP contribution is -2.44. The van der Waals surface area contributed by atoms with Crippen LogP contribution in [-0.4, -0.2) is 48.6 Å². The van der Waals surface area contributed by atoms with Gasteiger partial charge in [-0.2, -0.15) is 5.10 Å². The van der Waals surface area contributed by atoms with E-state index in [2.05, 4.69) is 41.5 Å². The number of hydrogen-bond donors (Lipinski definition) is 2. The van der Waals surface area contributed by atoms with Crippen molar-refractivity contribution in [1.82, 2.24) is 20.4 Å². The molecular formula is C14H27N5O. The van der Waals surface area contributed by atoms with Crippen molar-refractivity contribution in [2.45, 2.75) is 33.4 Å². The van der Waals surface area contributed by atoms with Crippen LogP contribution < -0.4 is 10.6 Å². The molecule has 0 bridgehead atoms. The first kappa shape index (κ1) is 16.5. The van der Waals surface area contributed by atoms with Crippen LogP contribution >= 0.6 is 0 Å². The molecule has 0 aliphatic carbocycles. The third-order valence-electron chi connectivity index (χ3n) is 2.76. The Morgan fingerprint density at radius 1 is 1.45 bits per heavy atom. The third-order valence-corrected chi connectivity index (χ3v) is 2.76. The molecule has 1 aromatic heterocycles. The Hall–Kier alpha value is -1.56. The number of rotatable bonds is 8. The maximum Gasteiger partial charge on any atom is 0.191 e. The topological polar surface area (TPSA) is 63.5 Å². The van der Waals surface area contributed by atoms with E-state index in [1.54, 1.807) is 13.3 Å². The van der Waals surface area contributed by atoms with Crippen LogP contribution in [-0.2, 0) is 11.3 Å². The third kappa shape index (κ3) is 6.56. The van der Waals surface area contributed by atoms with E-state index in [4.69, 9.17) is 4.74 Å². The van der Waals surface area contributed by atoms with Gasteiger partial charge in [-0.25, -0.2) is 0 Å². The number of guanidine groups is 1. The fraction of sp³-hybridized carbons (Fsp3) is 0.714. The van der Waals surface area contributed by atoms with Gasteiger partial charge in [0, 0.05) is 45.2 Å². The lowest BCUT2D eigenvalue weighted by atomic mass is 10.2. The molecule has 20 heavy (non-hydrogen) atoms. The molecule has 6 nitrogen and oxygen atoms in total. The van der Waals surface area contributed by atoms with Crippen LogP contribution in [0.5, 0.6) is 0 Å². The van der Waals surface area contributed by atoms with Crippen molar-refractivity contribution < 1.29 is 4.74 Å². The number of nitrogens with one attached hydrogen (secondary N) is 2. The molecule has 0 amide bonds. The van der Waals surface area contributed by atoms with E-state index in [-0.39, 0.29) is 6.04 Å². The fourth-order valence-electron chi connectivity index (χ4n) is 1.88. The minimum atomic E-state index is 0.235. The van der Waals surface area contributed by atoms with E-state index in [1.807, 2.05) is 16.9 Å². The van der Waals surface area contributed by atoms with Gasteiger partial charge < -0.3 is 15.4 Å². The second-order valence-electron chi connectivity index (χ2n) is 5.05. The van der Waals surface area contributed by atoms with Gasteiger partial charge in [0.15, 0.2) is 5.96 Å². The van der Waals surface area contributed by atoms with Crippen molar-refractivity contribution in [3.8, 4) is 0 Å². The SMILES string of the molecule is CCNC(=NCC(C)Cn1cccn1)NC(C)COC. The largest absolute Gasteiger partial charge is 0.383 e. The van der Waals surface area contributed by atoms with Gasteiger partial charge in [0.1, 0.15) is 0 Å². The smallest absolute Gasteiger partial charge is 0.191 e. The van der Waals surface area contributed by atoms with Crippen molar-refractivity contribution in [2.75, 3.05) is 26.8 Å². The molecule has 2 N–H and O–H groups in total. The number of nitrogens with zero attached hydrogens (tertiary/aromatic N) is 3. The van der Waals surface area contributed by atoms with Gasteiger partial charge >= 0.3 is 0 Å². The molecule has 2 atom stereocenters. The summed E-state index contributed by atoms with van der Waals surface area (Å²) in [6.45, 7) is 9.45. The van der Waals surface area contributed by atoms with E-state index in [1.165, 1.54) is 0 Å². The standard InChI is InChI=1S/C14H27N5O/c1-5-15-14(18-13(3)11-20-4)16-9-12(2)10-19-8-6-7-17-19/h6-8,12-13H,5,9-11H2,1-4H3,(H2,15,16,18). The lowest BCUT2D eigenvalue weighted by Gasteiger charge is -2.18. The average molecular weight is 281 g/mol. The summed E-state index contributed by atoms with van der Waals surface area (Å²) < 4.78 is 7.06. The minimum absolute atomic E-state index is 0.235. The molecule has 0 radical (unpaired) electrons. The summed E-state index contributed by atoms with van der Waals surface area (Å²) in [6, 6.07) is 2.17. The average Bonchev–Trinajstić information content (AvgIpc) is 2.89.